The summed E-state index contributed by atoms with van der Waals surface area (Å²) in [5.41, 5.74) is 3.13. The zero-order chi connectivity index (χ0) is 17.2. The summed E-state index contributed by atoms with van der Waals surface area (Å²) >= 11 is 2.97. The third-order valence-corrected chi connectivity index (χ3v) is 6.66. The zero-order valence-electron chi connectivity index (χ0n) is 13.5. The topological polar surface area (TPSA) is 52.9 Å². The number of fused-ring (bicyclic) bond motifs is 1. The minimum Gasteiger partial charge on any atom is -0.312 e. The van der Waals surface area contributed by atoms with Gasteiger partial charge in [0.25, 0.3) is 5.91 Å². The molecule has 124 valence electrons. The van der Waals surface area contributed by atoms with Crippen LogP contribution in [0.2, 0.25) is 0 Å². The number of nitrogens with one attached hydrogen (secondary N) is 1. The van der Waals surface area contributed by atoms with Crippen molar-refractivity contribution in [2.45, 2.75) is 25.2 Å². The molecular formula is C20H16N2OS2. The highest BCUT2D eigenvalue weighted by Crippen LogP contribution is 2.42. The van der Waals surface area contributed by atoms with Crippen molar-refractivity contribution in [3.63, 3.8) is 0 Å². The summed E-state index contributed by atoms with van der Waals surface area (Å²) in [6.07, 6.45) is 2.87. The quantitative estimate of drug-likeness (QED) is 0.694. The molecule has 0 spiro atoms. The first-order valence-electron chi connectivity index (χ1n) is 8.20. The number of nitrogens with zero attached hydrogens (tertiary/aromatic N) is 1. The fourth-order valence-corrected chi connectivity index (χ4v) is 5.27. The maximum absolute atomic E-state index is 12.3. The van der Waals surface area contributed by atoms with E-state index in [2.05, 4.69) is 35.7 Å². The molecule has 1 N–H and O–H groups in total. The molecule has 1 amide bonds. The Labute approximate surface area is 154 Å². The minimum absolute atomic E-state index is 0.135. The number of benzene rings is 1. The van der Waals surface area contributed by atoms with Gasteiger partial charge < -0.3 is 5.32 Å². The highest BCUT2D eigenvalue weighted by atomic mass is 32.1. The second-order valence-corrected chi connectivity index (χ2v) is 8.15. The van der Waals surface area contributed by atoms with Crippen molar-refractivity contribution in [3.8, 4) is 6.07 Å². The molecule has 0 bridgehead atoms. The van der Waals surface area contributed by atoms with Gasteiger partial charge in [-0.25, -0.2) is 0 Å². The van der Waals surface area contributed by atoms with Gasteiger partial charge in [-0.15, -0.1) is 22.7 Å². The van der Waals surface area contributed by atoms with Gasteiger partial charge in [0.1, 0.15) is 11.1 Å². The molecule has 25 heavy (non-hydrogen) atoms. The summed E-state index contributed by atoms with van der Waals surface area (Å²) in [7, 11) is 0. The Morgan fingerprint density at radius 2 is 2.04 bits per heavy atom. The van der Waals surface area contributed by atoms with Gasteiger partial charge in [-0.2, -0.15) is 5.26 Å². The molecule has 1 unspecified atom stereocenters. The van der Waals surface area contributed by atoms with Gasteiger partial charge in [0.05, 0.1) is 10.4 Å². The normalized spacial score (nSPS) is 16.0. The Bertz CT molecular complexity index is 936. The van der Waals surface area contributed by atoms with Crippen LogP contribution >= 0.6 is 22.7 Å². The lowest BCUT2D eigenvalue weighted by molar-refractivity contribution is 0.103. The van der Waals surface area contributed by atoms with Crippen LogP contribution < -0.4 is 5.32 Å². The van der Waals surface area contributed by atoms with Crippen molar-refractivity contribution in [3.05, 3.63) is 74.3 Å². The van der Waals surface area contributed by atoms with Gasteiger partial charge in [0.2, 0.25) is 0 Å². The number of anilines is 1. The molecule has 1 aliphatic carbocycles. The third-order valence-electron chi connectivity index (χ3n) is 4.62. The molecule has 2 heterocycles. The lowest BCUT2D eigenvalue weighted by Crippen LogP contribution is -2.11. The van der Waals surface area contributed by atoms with Crippen LogP contribution in [0.25, 0.3) is 0 Å². The largest absolute Gasteiger partial charge is 0.312 e. The Morgan fingerprint density at radius 1 is 1.20 bits per heavy atom. The fraction of sp³-hybridized carbons (Fsp3) is 0.200. The molecular weight excluding hydrogens is 348 g/mol. The van der Waals surface area contributed by atoms with E-state index in [1.165, 1.54) is 21.8 Å². The highest BCUT2D eigenvalue weighted by molar-refractivity contribution is 7.17. The van der Waals surface area contributed by atoms with Crippen LogP contribution in [0.4, 0.5) is 5.00 Å². The van der Waals surface area contributed by atoms with E-state index in [0.717, 1.165) is 24.8 Å². The molecule has 0 fully saturated rings. The van der Waals surface area contributed by atoms with Gasteiger partial charge >= 0.3 is 0 Å². The molecule has 3 aromatic rings. The van der Waals surface area contributed by atoms with Gasteiger partial charge in [-0.05, 0) is 47.8 Å². The first kappa shape index (κ1) is 16.1. The van der Waals surface area contributed by atoms with E-state index in [1.807, 2.05) is 17.5 Å². The lowest BCUT2D eigenvalue weighted by Gasteiger charge is -2.22. The Kier molecular flexibility index (Phi) is 4.39. The molecule has 0 radical (unpaired) electrons. The summed E-state index contributed by atoms with van der Waals surface area (Å²) in [5.74, 6) is 0.351. The molecule has 0 aliphatic heterocycles. The smallest absolute Gasteiger partial charge is 0.266 e. The Balaban J connectivity index is 1.61. The predicted molar refractivity (Wildman–Crippen MR) is 103 cm³/mol. The number of rotatable bonds is 3. The number of amides is 1. The summed E-state index contributed by atoms with van der Waals surface area (Å²) < 4.78 is 0. The molecule has 5 heteroatoms. The van der Waals surface area contributed by atoms with Crippen LogP contribution in [-0.2, 0) is 12.8 Å². The van der Waals surface area contributed by atoms with E-state index in [0.29, 0.717) is 21.4 Å². The fourth-order valence-electron chi connectivity index (χ4n) is 3.37. The van der Waals surface area contributed by atoms with Crippen LogP contribution in [0.15, 0.2) is 47.8 Å². The maximum atomic E-state index is 12.3. The van der Waals surface area contributed by atoms with Crippen LogP contribution in [0, 0.1) is 11.3 Å². The second-order valence-electron chi connectivity index (χ2n) is 6.10. The number of thiophene rings is 2. The van der Waals surface area contributed by atoms with Crippen LogP contribution in [0.5, 0.6) is 0 Å². The number of nitriles is 1. The third kappa shape index (κ3) is 3.11. The monoisotopic (exact) mass is 364 g/mol. The van der Waals surface area contributed by atoms with E-state index in [1.54, 1.807) is 17.4 Å². The summed E-state index contributed by atoms with van der Waals surface area (Å²) in [6.45, 7) is 0. The SMILES string of the molecule is N#Cc1c(NC(=O)c2cccs2)sc2c1CCC(c1ccccc1)C2. The number of carbonyl (C=O) groups is 1. The first-order chi connectivity index (χ1) is 12.3. The van der Waals surface area contributed by atoms with E-state index in [-0.39, 0.29) is 5.91 Å². The lowest BCUT2D eigenvalue weighted by atomic mass is 9.83. The average molecular weight is 364 g/mol. The van der Waals surface area contributed by atoms with Crippen LogP contribution in [-0.4, -0.2) is 5.91 Å². The van der Waals surface area contributed by atoms with Crippen LogP contribution in [0.1, 0.15) is 43.6 Å². The highest BCUT2D eigenvalue weighted by Gasteiger charge is 2.27. The van der Waals surface area contributed by atoms with Crippen molar-refractivity contribution in [2.75, 3.05) is 5.32 Å². The summed E-state index contributed by atoms with van der Waals surface area (Å²) in [4.78, 5) is 14.2. The van der Waals surface area contributed by atoms with E-state index in [4.69, 9.17) is 0 Å². The summed E-state index contributed by atoms with van der Waals surface area (Å²) in [6, 6.07) is 16.5. The van der Waals surface area contributed by atoms with Crippen LogP contribution in [0.3, 0.4) is 0 Å². The van der Waals surface area contributed by atoms with Gasteiger partial charge in [0.15, 0.2) is 0 Å². The maximum Gasteiger partial charge on any atom is 0.266 e. The Morgan fingerprint density at radius 3 is 2.76 bits per heavy atom. The second kappa shape index (κ2) is 6.83. The molecule has 1 aliphatic rings. The molecule has 3 nitrogen and oxygen atoms in total. The molecule has 2 aromatic heterocycles. The number of carbonyl (C=O) groups excluding carboxylic acids is 1. The Hall–Kier alpha value is -2.42. The minimum atomic E-state index is -0.135. The molecule has 0 saturated heterocycles. The predicted octanol–water partition coefficient (Wildman–Crippen LogP) is 5.21. The van der Waals surface area contributed by atoms with Gasteiger partial charge in [-0.1, -0.05) is 36.4 Å². The van der Waals surface area contributed by atoms with E-state index >= 15 is 0 Å². The number of hydrogen-bond acceptors (Lipinski definition) is 4. The van der Waals surface area contributed by atoms with E-state index < -0.39 is 0 Å². The van der Waals surface area contributed by atoms with Crippen molar-refractivity contribution in [1.29, 1.82) is 5.26 Å². The first-order valence-corrected chi connectivity index (χ1v) is 9.90. The zero-order valence-corrected chi connectivity index (χ0v) is 15.1. The molecule has 1 atom stereocenters. The van der Waals surface area contributed by atoms with Crippen molar-refractivity contribution >= 4 is 33.6 Å². The van der Waals surface area contributed by atoms with Gasteiger partial charge in [0, 0.05) is 4.88 Å². The average Bonchev–Trinajstić information content (AvgIpc) is 3.29. The van der Waals surface area contributed by atoms with E-state index in [9.17, 15) is 10.1 Å². The molecule has 0 saturated carbocycles. The molecule has 1 aromatic carbocycles. The van der Waals surface area contributed by atoms with Crippen molar-refractivity contribution < 1.29 is 4.79 Å². The standard InChI is InChI=1S/C20H16N2OS2/c21-12-16-15-9-8-14(13-5-2-1-3-6-13)11-18(15)25-20(16)22-19(23)17-7-4-10-24-17/h1-7,10,14H,8-9,11H2,(H,22,23). The van der Waals surface area contributed by atoms with Crippen molar-refractivity contribution in [1.82, 2.24) is 0 Å². The number of hydrogen-bond donors (Lipinski definition) is 1. The van der Waals surface area contributed by atoms with Crippen molar-refractivity contribution in [2.24, 2.45) is 0 Å². The summed E-state index contributed by atoms with van der Waals surface area (Å²) in [5, 5.41) is 15.1. The van der Waals surface area contributed by atoms with Gasteiger partial charge in [-0.3, -0.25) is 4.79 Å². The molecule has 4 rings (SSSR count).